The molecular weight excluding hydrogens is 703 g/mol. The lowest BCUT2D eigenvalue weighted by Crippen LogP contribution is -2.26. The summed E-state index contributed by atoms with van der Waals surface area (Å²) in [5.41, 5.74) is 3.04. The van der Waals surface area contributed by atoms with E-state index in [4.69, 9.17) is 19.2 Å². The predicted octanol–water partition coefficient (Wildman–Crippen LogP) is 7.69. The maximum Gasteiger partial charge on any atom is 0.328 e. The minimum absolute atomic E-state index is 0.00954. The van der Waals surface area contributed by atoms with Crippen LogP contribution in [0.4, 0.5) is 22.7 Å². The van der Waals surface area contributed by atoms with E-state index in [1.165, 1.54) is 6.07 Å². The molecule has 0 radical (unpaired) electrons. The number of aliphatic hydroxyl groups is 1. The average Bonchev–Trinajstić information content (AvgIpc) is 3.15. The van der Waals surface area contributed by atoms with Gasteiger partial charge in [-0.3, -0.25) is 19.5 Å². The van der Waals surface area contributed by atoms with Crippen molar-refractivity contribution in [3.63, 3.8) is 0 Å². The Bertz CT molecular complexity index is 1690. The van der Waals surface area contributed by atoms with Crippen molar-refractivity contribution in [3.05, 3.63) is 70.8 Å². The molecule has 0 saturated carbocycles. The van der Waals surface area contributed by atoms with Crippen LogP contribution in [0.5, 0.6) is 0 Å². The molecule has 16 heteroatoms. The molecule has 290 valence electrons. The van der Waals surface area contributed by atoms with Gasteiger partial charge in [-0.1, -0.05) is 36.7 Å². The summed E-state index contributed by atoms with van der Waals surface area (Å²) in [6, 6.07) is 17.8. The fraction of sp³-hybridized carbons (Fsp3) is 0.514. The van der Waals surface area contributed by atoms with Crippen molar-refractivity contribution < 1.29 is 38.4 Å². The van der Waals surface area contributed by atoms with Gasteiger partial charge in [0.25, 0.3) is 5.69 Å². The maximum absolute atomic E-state index is 12.2. The van der Waals surface area contributed by atoms with E-state index in [1.54, 1.807) is 24.3 Å². The van der Waals surface area contributed by atoms with Gasteiger partial charge in [-0.2, -0.15) is 5.11 Å². The Hall–Kier alpha value is -4.27. The Balaban J connectivity index is 1.30. The van der Waals surface area contributed by atoms with Crippen LogP contribution in [0.15, 0.2) is 76.0 Å². The summed E-state index contributed by atoms with van der Waals surface area (Å²) in [6.45, 7) is 8.83. The van der Waals surface area contributed by atoms with E-state index in [0.29, 0.717) is 93.6 Å². The van der Waals surface area contributed by atoms with Gasteiger partial charge in [0.1, 0.15) is 6.61 Å². The zero-order valence-electron chi connectivity index (χ0n) is 30.9. The summed E-state index contributed by atoms with van der Waals surface area (Å²) >= 11 is 0. The lowest BCUT2D eigenvalue weighted by Gasteiger charge is -2.22. The summed E-state index contributed by atoms with van der Waals surface area (Å²) in [4.78, 5) is 40.9. The highest BCUT2D eigenvalue weighted by Gasteiger charge is 2.24. The number of ether oxygens (including phenoxy) is 1. The number of nitro benzene ring substituents is 1. The molecule has 0 aliphatic carbocycles. The van der Waals surface area contributed by atoms with Crippen LogP contribution in [0.3, 0.4) is 0 Å². The second kappa shape index (κ2) is 23.4. The fourth-order valence-electron chi connectivity index (χ4n) is 5.37. The number of nitro groups is 1. The van der Waals surface area contributed by atoms with Gasteiger partial charge in [-0.05, 0) is 81.8 Å². The van der Waals surface area contributed by atoms with Crippen molar-refractivity contribution in [1.29, 1.82) is 0 Å². The molecule has 0 aromatic heterocycles. The van der Waals surface area contributed by atoms with E-state index in [2.05, 4.69) is 32.5 Å². The largest absolute Gasteiger partial charge is 0.396 e. The van der Waals surface area contributed by atoms with Gasteiger partial charge in [0.2, 0.25) is 5.91 Å². The smallest absolute Gasteiger partial charge is 0.328 e. The van der Waals surface area contributed by atoms with Gasteiger partial charge in [-0.15, -0.1) is 5.11 Å². The summed E-state index contributed by atoms with van der Waals surface area (Å²) in [5, 5.41) is 37.2. The van der Waals surface area contributed by atoms with Crippen molar-refractivity contribution in [2.24, 2.45) is 21.3 Å². The SMILES string of the molecule is CCC(COCCCNC(=O)CCC/C(C)=N/OCCN(CC)c1ccc(N=Nc2ccc([N+](=O)[O-])c3ccccc23)cc1)CP(=O)(O)OCCCO. The number of benzene rings is 3. The lowest BCUT2D eigenvalue weighted by atomic mass is 10.1. The van der Waals surface area contributed by atoms with Crippen LogP contribution < -0.4 is 10.2 Å². The Labute approximate surface area is 311 Å². The molecule has 2 unspecified atom stereocenters. The van der Waals surface area contributed by atoms with E-state index in [0.717, 1.165) is 17.9 Å². The predicted molar refractivity (Wildman–Crippen MR) is 207 cm³/mol. The number of azo groups is 1. The summed E-state index contributed by atoms with van der Waals surface area (Å²) in [7, 11) is -3.71. The number of hydrogen-bond donors (Lipinski definition) is 3. The third-order valence-electron chi connectivity index (χ3n) is 8.36. The molecule has 0 saturated heterocycles. The second-order valence-electron chi connectivity index (χ2n) is 12.5. The van der Waals surface area contributed by atoms with Crippen LogP contribution in [-0.4, -0.2) is 85.4 Å². The highest BCUT2D eigenvalue weighted by Crippen LogP contribution is 2.44. The number of anilines is 1. The molecule has 0 aliphatic heterocycles. The number of nitrogens with zero attached hydrogens (tertiary/aromatic N) is 5. The molecule has 0 heterocycles. The molecule has 3 N–H and O–H groups in total. The van der Waals surface area contributed by atoms with Crippen LogP contribution in [0.25, 0.3) is 10.8 Å². The summed E-state index contributed by atoms with van der Waals surface area (Å²) in [6.07, 6.45) is 3.28. The Morgan fingerprint density at radius 2 is 1.74 bits per heavy atom. The van der Waals surface area contributed by atoms with Crippen molar-refractivity contribution in [2.75, 3.05) is 63.7 Å². The van der Waals surface area contributed by atoms with E-state index < -0.39 is 12.5 Å². The standard InChI is InChI=1S/C37H53N6O9P/c1-4-30(28-53(48,49)52-25-10-23-44)27-50-24-9-21-38-37(45)14-8-11-29(3)41-51-26-22-42(5-2)32-17-15-31(16-18-32)39-40-35-19-20-36(43(46)47)34-13-7-6-12-33(34)35/h6-7,12-13,15-20,30,44H,4-5,8-11,14,21-28H2,1-3H3,(H,38,45)(H,48,49)/b40-39?,41-29+. The highest BCUT2D eigenvalue weighted by molar-refractivity contribution is 7.52. The monoisotopic (exact) mass is 756 g/mol. The summed E-state index contributed by atoms with van der Waals surface area (Å²) in [5.74, 6) is -0.157. The molecule has 3 aromatic carbocycles. The maximum atomic E-state index is 12.2. The minimum Gasteiger partial charge on any atom is -0.396 e. The Morgan fingerprint density at radius 3 is 2.43 bits per heavy atom. The number of amides is 1. The molecule has 1 amide bonds. The Morgan fingerprint density at radius 1 is 0.981 bits per heavy atom. The number of nitrogens with one attached hydrogen (secondary N) is 1. The van der Waals surface area contributed by atoms with Gasteiger partial charge in [-0.25, -0.2) is 0 Å². The van der Waals surface area contributed by atoms with Gasteiger partial charge in [0.15, 0.2) is 0 Å². The number of carbonyl (C=O) groups is 1. The van der Waals surface area contributed by atoms with Gasteiger partial charge in [0, 0.05) is 56.5 Å². The average molecular weight is 757 g/mol. The molecule has 0 spiro atoms. The van der Waals surface area contributed by atoms with Gasteiger partial charge in [0.05, 0.1) is 46.7 Å². The highest BCUT2D eigenvalue weighted by atomic mass is 31.2. The molecule has 0 fully saturated rings. The van der Waals surface area contributed by atoms with E-state index in [1.807, 2.05) is 44.2 Å². The zero-order valence-corrected chi connectivity index (χ0v) is 31.8. The molecular formula is C37H53N6O9P. The normalized spacial score (nSPS) is 13.6. The quantitative estimate of drug-likeness (QED) is 0.0182. The zero-order chi connectivity index (χ0) is 38.5. The lowest BCUT2D eigenvalue weighted by molar-refractivity contribution is -0.383. The number of hydrogen-bond acceptors (Lipinski definition) is 12. The van der Waals surface area contributed by atoms with Crippen LogP contribution in [0, 0.1) is 16.0 Å². The van der Waals surface area contributed by atoms with Crippen LogP contribution in [0.1, 0.15) is 59.3 Å². The van der Waals surface area contributed by atoms with E-state index >= 15 is 0 Å². The first-order valence-electron chi connectivity index (χ1n) is 18.1. The first-order chi connectivity index (χ1) is 25.6. The summed E-state index contributed by atoms with van der Waals surface area (Å²) < 4.78 is 22.8. The number of aliphatic hydroxyl groups excluding tert-OH is 1. The van der Waals surface area contributed by atoms with Gasteiger partial charge < -0.3 is 34.3 Å². The number of rotatable bonds is 26. The molecule has 53 heavy (non-hydrogen) atoms. The first-order valence-corrected chi connectivity index (χ1v) is 19.8. The third-order valence-corrected chi connectivity index (χ3v) is 9.93. The van der Waals surface area contributed by atoms with Crippen LogP contribution in [0.2, 0.25) is 0 Å². The van der Waals surface area contributed by atoms with Crippen LogP contribution in [-0.2, 0) is 23.5 Å². The molecule has 2 atom stereocenters. The second-order valence-corrected chi connectivity index (χ2v) is 14.4. The van der Waals surface area contributed by atoms with Crippen LogP contribution >= 0.6 is 7.60 Å². The topological polar surface area (TPSA) is 198 Å². The molecule has 0 aliphatic rings. The number of non-ortho nitro benzene ring substituents is 1. The molecule has 0 bridgehead atoms. The Kier molecular flexibility index (Phi) is 19.1. The van der Waals surface area contributed by atoms with Crippen molar-refractivity contribution in [1.82, 2.24) is 5.32 Å². The number of fused-ring (bicyclic) bond motifs is 1. The van der Waals surface area contributed by atoms with Crippen molar-refractivity contribution in [2.45, 2.75) is 59.3 Å². The van der Waals surface area contributed by atoms with Crippen molar-refractivity contribution >= 4 is 52.7 Å². The van der Waals surface area contributed by atoms with Crippen molar-refractivity contribution in [3.8, 4) is 0 Å². The number of oxime groups is 1. The number of carbonyl (C=O) groups excluding carboxylic acids is 1. The fourth-order valence-corrected chi connectivity index (χ4v) is 6.91. The van der Waals surface area contributed by atoms with Gasteiger partial charge >= 0.3 is 7.60 Å². The number of likely N-dealkylation sites (N-methyl/N-ethyl adjacent to an activating group) is 1. The molecule has 3 aromatic rings. The van der Waals surface area contributed by atoms with E-state index in [9.17, 15) is 24.4 Å². The molecule has 15 nitrogen and oxygen atoms in total. The molecule has 3 rings (SSSR count). The third kappa shape index (κ3) is 15.7. The first kappa shape index (κ1) is 43.1. The minimum atomic E-state index is -3.71. The van der Waals surface area contributed by atoms with E-state index in [-0.39, 0.29) is 36.9 Å².